The van der Waals surface area contributed by atoms with Crippen LogP contribution in [0.5, 0.6) is 0 Å². The van der Waals surface area contributed by atoms with Gasteiger partial charge >= 0.3 is 0 Å². The molecule has 3 radical (unpaired) electrons. The fraction of sp³-hybridized carbons (Fsp3) is 0.583. The summed E-state index contributed by atoms with van der Waals surface area (Å²) in [4.78, 5) is 1.10. The van der Waals surface area contributed by atoms with Crippen molar-refractivity contribution in [1.82, 2.24) is 0 Å². The minimum atomic E-state index is -0.580. The second-order valence-electron chi connectivity index (χ2n) is 4.31. The number of aliphatic hydroxyl groups is 1. The quantitative estimate of drug-likeness (QED) is 0.671. The maximum absolute atomic E-state index is 9.62. The van der Waals surface area contributed by atoms with Crippen molar-refractivity contribution in [3.63, 3.8) is 0 Å². The molecule has 2 rings (SSSR count). The van der Waals surface area contributed by atoms with E-state index < -0.39 is 6.10 Å². The van der Waals surface area contributed by atoms with E-state index in [1.54, 1.807) is 0 Å². The number of nitrogens with zero attached hydrogens (tertiary/aromatic N) is 1. The van der Waals surface area contributed by atoms with Crippen LogP contribution in [0.25, 0.3) is 0 Å². The van der Waals surface area contributed by atoms with Crippen LogP contribution in [0.15, 0.2) is 12.1 Å². The van der Waals surface area contributed by atoms with E-state index in [2.05, 4.69) is 11.4 Å². The molecule has 6 heteroatoms. The third-order valence-electron chi connectivity index (χ3n) is 3.20. The molecule has 0 aliphatic heterocycles. The van der Waals surface area contributed by atoms with E-state index in [-0.39, 0.29) is 50.4 Å². The summed E-state index contributed by atoms with van der Waals surface area (Å²) in [5.74, 6) is -0.622. The minimum Gasteiger partial charge on any atom is -0.394 e. The Morgan fingerprint density at radius 1 is 1.67 bits per heavy atom. The first-order valence-electron chi connectivity index (χ1n) is 5.58. The molecule has 4 unspecified atom stereocenters. The fourth-order valence-electron chi connectivity index (χ4n) is 2.17. The zero-order valence-electron chi connectivity index (χ0n) is 9.95. The summed E-state index contributed by atoms with van der Waals surface area (Å²) in [7, 11) is 5.86. The van der Waals surface area contributed by atoms with Gasteiger partial charge in [0.05, 0.1) is 25.9 Å². The van der Waals surface area contributed by atoms with Crippen LogP contribution in [-0.4, -0.2) is 25.7 Å². The van der Waals surface area contributed by atoms with E-state index in [9.17, 15) is 5.11 Å². The van der Waals surface area contributed by atoms with Gasteiger partial charge in [0.15, 0.2) is 0 Å². The average molecular weight is 335 g/mol. The van der Waals surface area contributed by atoms with Gasteiger partial charge in [-0.1, -0.05) is 0 Å². The van der Waals surface area contributed by atoms with Crippen molar-refractivity contribution < 1.29 is 42.6 Å². The monoisotopic (exact) mass is 335 g/mol. The predicted molar refractivity (Wildman–Crippen MR) is 65.5 cm³/mol. The Kier molecular flexibility index (Phi) is 7.05. The number of nitriles is 1. The van der Waals surface area contributed by atoms with Gasteiger partial charge in [0.1, 0.15) is 0 Å². The maximum Gasteiger partial charge on any atom is 0.0740 e. The van der Waals surface area contributed by atoms with Gasteiger partial charge in [0, 0.05) is 45.9 Å². The van der Waals surface area contributed by atoms with Crippen LogP contribution in [-0.2, 0) is 44.1 Å². The number of hydrogen-bond donors (Lipinski definition) is 1. The fourth-order valence-corrected chi connectivity index (χ4v) is 2.73. The van der Waals surface area contributed by atoms with Crippen molar-refractivity contribution in [3.05, 3.63) is 22.4 Å². The molecule has 0 spiro atoms. The largest absolute Gasteiger partial charge is 0.394 e. The number of ether oxygens (including phenoxy) is 1. The molecule has 1 aromatic heterocycles. The van der Waals surface area contributed by atoms with Crippen LogP contribution in [0.1, 0.15) is 11.3 Å². The molecule has 1 fully saturated rings. The Hall–Kier alpha value is 0.279. The van der Waals surface area contributed by atoms with Crippen molar-refractivity contribution in [3.8, 4) is 6.07 Å². The van der Waals surface area contributed by atoms with Crippen LogP contribution < -0.4 is 0 Å². The second kappa shape index (κ2) is 7.77. The molecule has 1 saturated carbocycles. The van der Waals surface area contributed by atoms with Gasteiger partial charge in [0.2, 0.25) is 0 Å². The summed E-state index contributed by atoms with van der Waals surface area (Å²) in [5, 5.41) is 21.6. The third-order valence-corrected chi connectivity index (χ3v) is 3.97. The summed E-state index contributed by atoms with van der Waals surface area (Å²) in [5.41, 5.74) is 0. The summed E-state index contributed by atoms with van der Waals surface area (Å²) < 4.78 is 5.56. The number of hydrogen-bond acceptors (Lipinski definition) is 4. The molecule has 0 saturated heterocycles. The zero-order valence-corrected chi connectivity index (χ0v) is 13.6. The molecule has 1 aromatic rings. The Morgan fingerprint density at radius 2 is 2.44 bits per heavy atom. The Balaban J connectivity index is 0.00000162. The van der Waals surface area contributed by atoms with E-state index in [1.165, 1.54) is 11.3 Å². The van der Waals surface area contributed by atoms with Gasteiger partial charge in [-0.2, -0.15) is 17.4 Å². The van der Waals surface area contributed by atoms with E-state index in [0.29, 0.717) is 19.6 Å². The summed E-state index contributed by atoms with van der Waals surface area (Å²) in [6.07, 6.45) is -0.123. The van der Waals surface area contributed by atoms with Gasteiger partial charge in [0.25, 0.3) is 0 Å². The van der Waals surface area contributed by atoms with Gasteiger partial charge in [-0.3, -0.25) is 11.3 Å². The number of rotatable bonds is 4. The summed E-state index contributed by atoms with van der Waals surface area (Å²) in [6, 6.07) is 6.00. The van der Waals surface area contributed by atoms with Gasteiger partial charge in [-0.15, -0.1) is 10.3 Å². The van der Waals surface area contributed by atoms with Crippen LogP contribution in [0.2, 0.25) is 5.82 Å². The Labute approximate surface area is 138 Å². The molecule has 4 atom stereocenters. The van der Waals surface area contributed by atoms with E-state index in [4.69, 9.17) is 17.8 Å². The number of thiophene rings is 1. The normalized spacial score (nSPS) is 30.7. The molecule has 0 aromatic carbocycles. The van der Waals surface area contributed by atoms with Gasteiger partial charge < -0.3 is 9.84 Å². The van der Waals surface area contributed by atoms with Crippen LogP contribution in [0, 0.1) is 28.5 Å². The standard InChI is InChI=1S/C12H13BNO2S.Y/c13-12-10(8(5-14)4-11(12)15)7-16-6-9-2-1-3-17-9;/h1-2,8,10-12,15H,4,6-7H2;/q-1;. The molecule has 18 heavy (non-hydrogen) atoms. The van der Waals surface area contributed by atoms with Crippen LogP contribution in [0.4, 0.5) is 0 Å². The summed E-state index contributed by atoms with van der Waals surface area (Å²) in [6.45, 7) is 0.944. The zero-order chi connectivity index (χ0) is 12.3. The first-order valence-corrected chi connectivity index (χ1v) is 6.39. The molecule has 1 aliphatic rings. The van der Waals surface area contributed by atoms with Crippen molar-refractivity contribution >= 4 is 19.2 Å². The van der Waals surface area contributed by atoms with Crippen molar-refractivity contribution in [2.75, 3.05) is 6.61 Å². The van der Waals surface area contributed by atoms with Crippen LogP contribution >= 0.6 is 11.3 Å². The SMILES string of the molecule is [B]C1C(O)CC(C#N)C1COCc1cc[c-]s1.[Y]. The Bertz CT molecular complexity index is 395. The average Bonchev–Trinajstić information content (AvgIpc) is 2.92. The summed E-state index contributed by atoms with van der Waals surface area (Å²) >= 11 is 1.52. The maximum atomic E-state index is 9.62. The molecule has 91 valence electrons. The van der Waals surface area contributed by atoms with Crippen molar-refractivity contribution in [2.24, 2.45) is 11.8 Å². The van der Waals surface area contributed by atoms with Crippen molar-refractivity contribution in [2.45, 2.75) is 24.9 Å². The third kappa shape index (κ3) is 3.88. The molecule has 1 aliphatic carbocycles. The van der Waals surface area contributed by atoms with E-state index in [0.717, 1.165) is 4.88 Å². The van der Waals surface area contributed by atoms with Crippen molar-refractivity contribution in [1.29, 1.82) is 5.26 Å². The predicted octanol–water partition coefficient (Wildman–Crippen LogP) is 1.54. The molecular formula is C12H13BNO2SY-. The molecule has 3 nitrogen and oxygen atoms in total. The Morgan fingerprint density at radius 3 is 3.06 bits per heavy atom. The molecule has 0 bridgehead atoms. The molecule has 1 N–H and O–H groups in total. The van der Waals surface area contributed by atoms with Gasteiger partial charge in [-0.25, -0.2) is 0 Å². The topological polar surface area (TPSA) is 53.2 Å². The second-order valence-corrected chi connectivity index (χ2v) is 5.28. The first kappa shape index (κ1) is 16.3. The molecule has 0 amide bonds. The van der Waals surface area contributed by atoms with E-state index in [1.807, 2.05) is 12.1 Å². The van der Waals surface area contributed by atoms with Crippen LogP contribution in [0.3, 0.4) is 0 Å². The smallest absolute Gasteiger partial charge is 0.0740 e. The van der Waals surface area contributed by atoms with Gasteiger partial charge in [-0.05, 0) is 18.2 Å². The molecule has 1 heterocycles. The molecular weight excluding hydrogens is 322 g/mol. The minimum absolute atomic E-state index is 0. The first-order chi connectivity index (χ1) is 8.22. The van der Waals surface area contributed by atoms with E-state index >= 15 is 0 Å². The number of aliphatic hydroxyl groups excluding tert-OH is 1.